The van der Waals surface area contributed by atoms with Gasteiger partial charge < -0.3 is 10.2 Å². The van der Waals surface area contributed by atoms with E-state index in [2.05, 4.69) is 21.1 Å². The van der Waals surface area contributed by atoms with Gasteiger partial charge in [0.25, 0.3) is 0 Å². The number of nitrogens with zero attached hydrogens (tertiary/aromatic N) is 1. The molecule has 5 nitrogen and oxygen atoms in total. The molecule has 0 bridgehead atoms. The van der Waals surface area contributed by atoms with Gasteiger partial charge in [0.05, 0.1) is 6.04 Å². The Hall–Kier alpha value is -0.500. The van der Waals surface area contributed by atoms with E-state index in [1.165, 1.54) is 5.56 Å². The van der Waals surface area contributed by atoms with E-state index in [-0.39, 0.29) is 30.4 Å². The summed E-state index contributed by atoms with van der Waals surface area (Å²) in [6.07, 6.45) is 1.07. The standard InChI is InChI=1S/C17H23ClN4OS.ClH/c18-12-3-1-11(2-4-12)15-10-24-8-7-22(15)17(23)16-13-9-19-6-5-14(13)20-21-16;/h1-4,13-16,19-21H,5-10H2;1H. The number of benzene rings is 1. The predicted molar refractivity (Wildman–Crippen MR) is 105 cm³/mol. The lowest BCUT2D eigenvalue weighted by Gasteiger charge is -2.38. The number of carbonyl (C=O) groups excluding carboxylic acids is 1. The summed E-state index contributed by atoms with van der Waals surface area (Å²) in [5, 5.41) is 4.16. The Morgan fingerprint density at radius 1 is 1.24 bits per heavy atom. The molecule has 3 fully saturated rings. The lowest BCUT2D eigenvalue weighted by molar-refractivity contribution is -0.136. The second-order valence-electron chi connectivity index (χ2n) is 6.70. The maximum atomic E-state index is 13.3. The van der Waals surface area contributed by atoms with Gasteiger partial charge in [-0.2, -0.15) is 11.8 Å². The second kappa shape index (κ2) is 8.46. The summed E-state index contributed by atoms with van der Waals surface area (Å²) in [6.45, 7) is 2.72. The molecule has 3 saturated heterocycles. The molecule has 25 heavy (non-hydrogen) atoms. The van der Waals surface area contributed by atoms with Gasteiger partial charge in [-0.05, 0) is 30.7 Å². The van der Waals surface area contributed by atoms with Crippen LogP contribution in [-0.4, -0.2) is 54.0 Å². The number of hydrogen-bond donors (Lipinski definition) is 3. The normalized spacial score (nSPS) is 32.0. The van der Waals surface area contributed by atoms with Gasteiger partial charge in [-0.3, -0.25) is 10.2 Å². The third-order valence-electron chi connectivity index (χ3n) is 5.31. The molecule has 0 aliphatic carbocycles. The lowest BCUT2D eigenvalue weighted by atomic mass is 9.88. The minimum absolute atomic E-state index is 0. The number of rotatable bonds is 2. The van der Waals surface area contributed by atoms with Gasteiger partial charge in [0.2, 0.25) is 5.91 Å². The van der Waals surface area contributed by atoms with Crippen LogP contribution in [0, 0.1) is 5.92 Å². The first-order valence-corrected chi connectivity index (χ1v) is 10.1. The molecule has 3 N–H and O–H groups in total. The Labute approximate surface area is 164 Å². The van der Waals surface area contributed by atoms with Gasteiger partial charge in [0, 0.05) is 41.6 Å². The quantitative estimate of drug-likeness (QED) is 0.704. The molecular formula is C17H24Cl2N4OS. The van der Waals surface area contributed by atoms with E-state index >= 15 is 0 Å². The van der Waals surface area contributed by atoms with Crippen LogP contribution < -0.4 is 16.2 Å². The number of thioether (sulfide) groups is 1. The van der Waals surface area contributed by atoms with Crippen LogP contribution in [0.5, 0.6) is 0 Å². The van der Waals surface area contributed by atoms with E-state index in [1.807, 2.05) is 36.0 Å². The van der Waals surface area contributed by atoms with E-state index in [1.54, 1.807) is 0 Å². The highest BCUT2D eigenvalue weighted by molar-refractivity contribution is 7.99. The molecule has 1 aromatic rings. The van der Waals surface area contributed by atoms with Gasteiger partial charge in [-0.1, -0.05) is 23.7 Å². The van der Waals surface area contributed by atoms with E-state index in [0.29, 0.717) is 12.0 Å². The lowest BCUT2D eigenvalue weighted by Crippen LogP contribution is -2.53. The summed E-state index contributed by atoms with van der Waals surface area (Å²) >= 11 is 7.93. The highest BCUT2D eigenvalue weighted by Gasteiger charge is 2.44. The molecule has 3 aliphatic heterocycles. The second-order valence-corrected chi connectivity index (χ2v) is 8.29. The smallest absolute Gasteiger partial charge is 0.242 e. The molecule has 4 unspecified atom stereocenters. The molecule has 0 saturated carbocycles. The molecule has 0 spiro atoms. The molecule has 4 atom stereocenters. The molecule has 8 heteroatoms. The van der Waals surface area contributed by atoms with E-state index in [4.69, 9.17) is 11.6 Å². The summed E-state index contributed by atoms with van der Waals surface area (Å²) in [4.78, 5) is 15.3. The first-order valence-electron chi connectivity index (χ1n) is 8.59. The number of halogens is 2. The summed E-state index contributed by atoms with van der Waals surface area (Å²) in [5.41, 5.74) is 7.77. The number of carbonyl (C=O) groups is 1. The Bertz CT molecular complexity index is 603. The zero-order valence-electron chi connectivity index (χ0n) is 13.9. The van der Waals surface area contributed by atoms with Crippen LogP contribution >= 0.6 is 35.8 Å². The SMILES string of the molecule is Cl.O=C(C1NNC2CCNCC21)N1CCSCC1c1ccc(Cl)cc1. The molecule has 4 rings (SSSR count). The van der Waals surface area contributed by atoms with Crippen molar-refractivity contribution in [1.82, 2.24) is 21.1 Å². The first kappa shape index (κ1) is 19.3. The van der Waals surface area contributed by atoms with Crippen molar-refractivity contribution in [3.8, 4) is 0 Å². The van der Waals surface area contributed by atoms with Gasteiger partial charge in [0.15, 0.2) is 0 Å². The molecule has 0 radical (unpaired) electrons. The average molecular weight is 403 g/mol. The molecule has 3 aliphatic rings. The molecule has 138 valence electrons. The van der Waals surface area contributed by atoms with Crippen LogP contribution in [0.25, 0.3) is 0 Å². The molecular weight excluding hydrogens is 379 g/mol. The van der Waals surface area contributed by atoms with E-state index < -0.39 is 0 Å². The van der Waals surface area contributed by atoms with Crippen LogP contribution in [0.3, 0.4) is 0 Å². The van der Waals surface area contributed by atoms with Gasteiger partial charge in [0.1, 0.15) is 6.04 Å². The maximum absolute atomic E-state index is 13.3. The number of hydrazine groups is 1. The highest BCUT2D eigenvalue weighted by atomic mass is 35.5. The third kappa shape index (κ3) is 3.94. The van der Waals surface area contributed by atoms with Crippen LogP contribution in [0.2, 0.25) is 5.02 Å². The Morgan fingerprint density at radius 3 is 2.84 bits per heavy atom. The summed E-state index contributed by atoms with van der Waals surface area (Å²) in [5.74, 6) is 2.49. The van der Waals surface area contributed by atoms with Crippen molar-refractivity contribution in [1.29, 1.82) is 0 Å². The Morgan fingerprint density at radius 2 is 2.04 bits per heavy atom. The minimum Gasteiger partial charge on any atom is -0.333 e. The molecule has 1 aromatic carbocycles. The molecule has 1 amide bonds. The van der Waals surface area contributed by atoms with Gasteiger partial charge in [-0.25, -0.2) is 5.43 Å². The summed E-state index contributed by atoms with van der Waals surface area (Å²) in [6, 6.07) is 8.30. The number of piperidine rings is 1. The monoisotopic (exact) mass is 402 g/mol. The van der Waals surface area contributed by atoms with Crippen molar-refractivity contribution in [2.24, 2.45) is 5.92 Å². The van der Waals surface area contributed by atoms with Crippen LogP contribution in [-0.2, 0) is 4.79 Å². The summed E-state index contributed by atoms with van der Waals surface area (Å²) in [7, 11) is 0. The Balaban J connectivity index is 0.00000182. The van der Waals surface area contributed by atoms with Crippen molar-refractivity contribution < 1.29 is 4.79 Å². The zero-order valence-corrected chi connectivity index (χ0v) is 16.3. The fourth-order valence-electron chi connectivity index (χ4n) is 3.97. The third-order valence-corrected chi connectivity index (χ3v) is 6.59. The fourth-order valence-corrected chi connectivity index (χ4v) is 5.18. The molecule has 3 heterocycles. The van der Waals surface area contributed by atoms with Crippen molar-refractivity contribution in [3.63, 3.8) is 0 Å². The van der Waals surface area contributed by atoms with Crippen molar-refractivity contribution >= 4 is 41.7 Å². The van der Waals surface area contributed by atoms with Crippen LogP contribution in [0.1, 0.15) is 18.0 Å². The first-order chi connectivity index (χ1) is 11.7. The topological polar surface area (TPSA) is 56.4 Å². The van der Waals surface area contributed by atoms with Crippen molar-refractivity contribution in [3.05, 3.63) is 34.9 Å². The minimum atomic E-state index is -0.138. The predicted octanol–water partition coefficient (Wildman–Crippen LogP) is 1.83. The number of nitrogens with one attached hydrogen (secondary N) is 3. The summed E-state index contributed by atoms with van der Waals surface area (Å²) < 4.78 is 0. The van der Waals surface area contributed by atoms with Crippen LogP contribution in [0.4, 0.5) is 0 Å². The van der Waals surface area contributed by atoms with Gasteiger partial charge >= 0.3 is 0 Å². The highest BCUT2D eigenvalue weighted by Crippen LogP contribution is 2.32. The largest absolute Gasteiger partial charge is 0.333 e. The zero-order chi connectivity index (χ0) is 16.5. The van der Waals surface area contributed by atoms with Gasteiger partial charge in [-0.15, -0.1) is 12.4 Å². The van der Waals surface area contributed by atoms with E-state index in [9.17, 15) is 4.79 Å². The van der Waals surface area contributed by atoms with Crippen molar-refractivity contribution in [2.45, 2.75) is 24.5 Å². The Kier molecular flexibility index (Phi) is 6.52. The number of hydrogen-bond acceptors (Lipinski definition) is 5. The molecule has 0 aromatic heterocycles. The van der Waals surface area contributed by atoms with Crippen molar-refractivity contribution in [2.75, 3.05) is 31.1 Å². The van der Waals surface area contributed by atoms with Crippen LogP contribution in [0.15, 0.2) is 24.3 Å². The number of amides is 1. The van der Waals surface area contributed by atoms with E-state index in [0.717, 1.165) is 42.6 Å². The number of fused-ring (bicyclic) bond motifs is 1. The maximum Gasteiger partial charge on any atom is 0.242 e. The average Bonchev–Trinajstić information content (AvgIpc) is 3.06. The fraction of sp³-hybridized carbons (Fsp3) is 0.588.